The zero-order chi connectivity index (χ0) is 18.3. The fraction of sp³-hybridized carbons (Fsp3) is 0.250. The van der Waals surface area contributed by atoms with Crippen LogP contribution in [0.25, 0.3) is 10.9 Å². The van der Waals surface area contributed by atoms with Crippen molar-refractivity contribution in [2.24, 2.45) is 0 Å². The topological polar surface area (TPSA) is 79.0 Å². The van der Waals surface area contributed by atoms with E-state index in [1.807, 2.05) is 36.4 Å². The summed E-state index contributed by atoms with van der Waals surface area (Å²) in [5.41, 5.74) is 3.89. The first-order valence-electron chi connectivity index (χ1n) is 8.68. The van der Waals surface area contributed by atoms with E-state index in [4.69, 9.17) is 0 Å². The van der Waals surface area contributed by atoms with Crippen molar-refractivity contribution in [3.8, 4) is 0 Å². The van der Waals surface area contributed by atoms with Gasteiger partial charge in [-0.25, -0.2) is 13.1 Å². The molecule has 0 aliphatic heterocycles. The Bertz CT molecular complexity index is 1100. The van der Waals surface area contributed by atoms with Gasteiger partial charge in [0.25, 0.3) is 0 Å². The zero-order valence-corrected chi connectivity index (χ0v) is 15.3. The van der Waals surface area contributed by atoms with Crippen molar-refractivity contribution in [2.45, 2.75) is 37.6 Å². The standard InChI is InChI=1S/C20H20N2O3S/c1-13-10-15-17(22-16-8-5-9-18(23)20(15)16)11-19(13)26(24,25)21-12-14-6-3-2-4-7-14/h2-4,6-7,10-11,21-22H,5,8-9,12H2,1H3. The highest BCUT2D eigenvalue weighted by atomic mass is 32.2. The predicted octanol–water partition coefficient (Wildman–Crippen LogP) is 3.47. The molecule has 0 saturated carbocycles. The number of aryl methyl sites for hydroxylation is 2. The molecule has 134 valence electrons. The largest absolute Gasteiger partial charge is 0.358 e. The Hall–Kier alpha value is -2.44. The van der Waals surface area contributed by atoms with E-state index < -0.39 is 10.0 Å². The molecule has 6 heteroatoms. The van der Waals surface area contributed by atoms with Gasteiger partial charge in [0.1, 0.15) is 0 Å². The number of Topliss-reactive ketones (excluding diaryl/α,β-unsaturated/α-hetero) is 1. The molecule has 0 atom stereocenters. The summed E-state index contributed by atoms with van der Waals surface area (Å²) >= 11 is 0. The number of aromatic nitrogens is 1. The van der Waals surface area contributed by atoms with Gasteiger partial charge in [-0.1, -0.05) is 30.3 Å². The van der Waals surface area contributed by atoms with Crippen LogP contribution in [0.15, 0.2) is 47.4 Å². The highest BCUT2D eigenvalue weighted by molar-refractivity contribution is 7.89. The quantitative estimate of drug-likeness (QED) is 0.740. The van der Waals surface area contributed by atoms with Crippen molar-refractivity contribution in [3.63, 3.8) is 0 Å². The van der Waals surface area contributed by atoms with Gasteiger partial charge in [0.05, 0.1) is 4.90 Å². The number of carbonyl (C=O) groups excluding carboxylic acids is 1. The Morgan fingerprint density at radius 1 is 1.12 bits per heavy atom. The van der Waals surface area contributed by atoms with Crippen LogP contribution < -0.4 is 4.72 Å². The average Bonchev–Trinajstić information content (AvgIpc) is 2.99. The second kappa shape index (κ2) is 6.37. The molecule has 1 aliphatic carbocycles. The molecule has 0 spiro atoms. The minimum Gasteiger partial charge on any atom is -0.358 e. The Morgan fingerprint density at radius 2 is 1.88 bits per heavy atom. The minimum atomic E-state index is -3.65. The van der Waals surface area contributed by atoms with Crippen LogP contribution in [0.4, 0.5) is 0 Å². The summed E-state index contributed by atoms with van der Waals surface area (Å²) in [6.07, 6.45) is 2.21. The minimum absolute atomic E-state index is 0.134. The molecule has 5 nitrogen and oxygen atoms in total. The summed E-state index contributed by atoms with van der Waals surface area (Å²) in [6, 6.07) is 12.9. The van der Waals surface area contributed by atoms with Crippen LogP contribution in [-0.4, -0.2) is 19.2 Å². The van der Waals surface area contributed by atoms with Crippen LogP contribution in [0.1, 0.15) is 40.0 Å². The van der Waals surface area contributed by atoms with Gasteiger partial charge >= 0.3 is 0 Å². The summed E-state index contributed by atoms with van der Waals surface area (Å²) in [6.45, 7) is 2.00. The van der Waals surface area contributed by atoms with E-state index in [-0.39, 0.29) is 17.2 Å². The first kappa shape index (κ1) is 17.0. The Labute approximate surface area is 152 Å². The molecule has 1 aliphatic rings. The van der Waals surface area contributed by atoms with Crippen LogP contribution in [0.2, 0.25) is 0 Å². The van der Waals surface area contributed by atoms with Gasteiger partial charge in [0, 0.05) is 35.1 Å². The summed E-state index contributed by atoms with van der Waals surface area (Å²) < 4.78 is 28.2. The molecule has 3 aromatic rings. The first-order chi connectivity index (χ1) is 12.5. The highest BCUT2D eigenvalue weighted by Gasteiger charge is 2.25. The lowest BCUT2D eigenvalue weighted by Crippen LogP contribution is -2.24. The molecule has 0 saturated heterocycles. The van der Waals surface area contributed by atoms with Gasteiger partial charge in [-0.15, -0.1) is 0 Å². The lowest BCUT2D eigenvalue weighted by Gasteiger charge is -2.11. The second-order valence-corrected chi connectivity index (χ2v) is 8.46. The number of benzene rings is 2. The molecular weight excluding hydrogens is 348 g/mol. The molecular formula is C20H20N2O3S. The van der Waals surface area contributed by atoms with Crippen molar-refractivity contribution in [2.75, 3.05) is 0 Å². The van der Waals surface area contributed by atoms with Crippen LogP contribution in [0.5, 0.6) is 0 Å². The van der Waals surface area contributed by atoms with Crippen molar-refractivity contribution in [1.82, 2.24) is 9.71 Å². The lowest BCUT2D eigenvalue weighted by atomic mass is 9.94. The van der Waals surface area contributed by atoms with E-state index >= 15 is 0 Å². The molecule has 4 rings (SSSR count). The number of rotatable bonds is 4. The number of hydrogen-bond donors (Lipinski definition) is 2. The lowest BCUT2D eigenvalue weighted by molar-refractivity contribution is 0.0974. The third-order valence-corrected chi connectivity index (χ3v) is 6.42. The Balaban J connectivity index is 1.72. The fourth-order valence-electron chi connectivity index (χ4n) is 3.58. The monoisotopic (exact) mass is 368 g/mol. The maximum atomic E-state index is 12.8. The van der Waals surface area contributed by atoms with Gasteiger partial charge in [-0.3, -0.25) is 4.79 Å². The molecule has 0 amide bonds. The summed E-state index contributed by atoms with van der Waals surface area (Å²) in [4.78, 5) is 15.8. The second-order valence-electron chi connectivity index (χ2n) is 6.73. The molecule has 0 unspecified atom stereocenters. The van der Waals surface area contributed by atoms with Crippen molar-refractivity contribution < 1.29 is 13.2 Å². The highest BCUT2D eigenvalue weighted by Crippen LogP contribution is 2.32. The number of aromatic amines is 1. The number of sulfonamides is 1. The Morgan fingerprint density at radius 3 is 2.65 bits per heavy atom. The number of fused-ring (bicyclic) bond motifs is 3. The van der Waals surface area contributed by atoms with E-state index in [9.17, 15) is 13.2 Å². The number of H-pyrrole nitrogens is 1. The fourth-order valence-corrected chi connectivity index (χ4v) is 4.85. The molecule has 0 bridgehead atoms. The van der Waals surface area contributed by atoms with Crippen molar-refractivity contribution >= 4 is 26.7 Å². The normalized spacial score (nSPS) is 14.6. The third kappa shape index (κ3) is 2.95. The van der Waals surface area contributed by atoms with Gasteiger partial charge < -0.3 is 4.98 Å². The molecule has 2 aromatic carbocycles. The van der Waals surface area contributed by atoms with Crippen LogP contribution in [0, 0.1) is 6.92 Å². The molecule has 0 radical (unpaired) electrons. The van der Waals surface area contributed by atoms with Gasteiger partial charge in [-0.05, 0) is 43.0 Å². The first-order valence-corrected chi connectivity index (χ1v) is 10.2. The van der Waals surface area contributed by atoms with Crippen molar-refractivity contribution in [1.29, 1.82) is 0 Å². The van der Waals surface area contributed by atoms with Crippen LogP contribution >= 0.6 is 0 Å². The number of ketones is 1. The summed E-state index contributed by atoms with van der Waals surface area (Å²) in [5, 5.41) is 0.823. The molecule has 26 heavy (non-hydrogen) atoms. The predicted molar refractivity (Wildman–Crippen MR) is 101 cm³/mol. The van der Waals surface area contributed by atoms with E-state index in [0.717, 1.165) is 35.0 Å². The van der Waals surface area contributed by atoms with Gasteiger partial charge in [-0.2, -0.15) is 0 Å². The number of hydrogen-bond acceptors (Lipinski definition) is 3. The van der Waals surface area contributed by atoms with Gasteiger partial charge in [0.15, 0.2) is 5.78 Å². The summed E-state index contributed by atoms with van der Waals surface area (Å²) in [5.74, 6) is 0.134. The summed E-state index contributed by atoms with van der Waals surface area (Å²) in [7, 11) is -3.65. The molecule has 1 heterocycles. The maximum Gasteiger partial charge on any atom is 0.241 e. The van der Waals surface area contributed by atoms with E-state index in [2.05, 4.69) is 9.71 Å². The molecule has 2 N–H and O–H groups in total. The smallest absolute Gasteiger partial charge is 0.241 e. The van der Waals surface area contributed by atoms with E-state index in [0.29, 0.717) is 17.5 Å². The number of nitrogens with one attached hydrogen (secondary N) is 2. The Kier molecular flexibility index (Phi) is 4.17. The zero-order valence-electron chi connectivity index (χ0n) is 14.5. The maximum absolute atomic E-state index is 12.8. The average molecular weight is 368 g/mol. The van der Waals surface area contributed by atoms with E-state index in [1.165, 1.54) is 0 Å². The molecule has 0 fully saturated rings. The van der Waals surface area contributed by atoms with E-state index in [1.54, 1.807) is 13.0 Å². The van der Waals surface area contributed by atoms with Crippen molar-refractivity contribution in [3.05, 3.63) is 64.8 Å². The van der Waals surface area contributed by atoms with Crippen LogP contribution in [0.3, 0.4) is 0 Å². The molecule has 1 aromatic heterocycles. The van der Waals surface area contributed by atoms with Gasteiger partial charge in [0.2, 0.25) is 10.0 Å². The number of carbonyl (C=O) groups is 1. The SMILES string of the molecule is Cc1cc2c3c([nH]c2cc1S(=O)(=O)NCc1ccccc1)CCCC3=O. The van der Waals surface area contributed by atoms with Crippen LogP contribution in [-0.2, 0) is 23.0 Å². The third-order valence-electron chi connectivity index (χ3n) is 4.88.